The standard InChI is InChI=1S/C20H28N2O4/c1-13-16(21-14(2)23)10-7-11-17(13)22-19(26)20(3,12-18(24)25)15-8-5-4-6-9-15/h7,10-11,15H,4-6,8-9,12H2,1-3H3,(H,21,23)(H,22,26)(H,24,25). The van der Waals surface area contributed by atoms with Gasteiger partial charge in [-0.3, -0.25) is 14.4 Å². The Morgan fingerprint density at radius 1 is 1.12 bits per heavy atom. The molecule has 0 aromatic heterocycles. The van der Waals surface area contributed by atoms with Crippen LogP contribution in [0.15, 0.2) is 18.2 Å². The molecule has 0 aliphatic heterocycles. The molecule has 2 rings (SSSR count). The number of anilines is 2. The van der Waals surface area contributed by atoms with Crippen LogP contribution in [-0.2, 0) is 14.4 Å². The Bertz CT molecular complexity index is 695. The van der Waals surface area contributed by atoms with Gasteiger partial charge >= 0.3 is 5.97 Å². The molecule has 1 atom stereocenters. The quantitative estimate of drug-likeness (QED) is 0.716. The van der Waals surface area contributed by atoms with E-state index in [9.17, 15) is 19.5 Å². The summed E-state index contributed by atoms with van der Waals surface area (Å²) in [5.41, 5.74) is 1.02. The number of carboxylic acid groups (broad SMARTS) is 1. The van der Waals surface area contributed by atoms with Crippen molar-refractivity contribution in [2.24, 2.45) is 11.3 Å². The molecule has 1 aromatic rings. The first-order chi connectivity index (χ1) is 12.2. The Morgan fingerprint density at radius 2 is 1.69 bits per heavy atom. The fourth-order valence-corrected chi connectivity index (χ4v) is 3.83. The van der Waals surface area contributed by atoms with Crippen molar-refractivity contribution in [1.82, 2.24) is 0 Å². The zero-order chi connectivity index (χ0) is 19.3. The molecule has 1 aromatic carbocycles. The van der Waals surface area contributed by atoms with Gasteiger partial charge in [-0.1, -0.05) is 25.3 Å². The largest absolute Gasteiger partial charge is 0.481 e. The first-order valence-corrected chi connectivity index (χ1v) is 9.14. The van der Waals surface area contributed by atoms with Gasteiger partial charge in [0.2, 0.25) is 11.8 Å². The van der Waals surface area contributed by atoms with E-state index in [1.807, 2.05) is 6.92 Å². The summed E-state index contributed by atoms with van der Waals surface area (Å²) < 4.78 is 0. The van der Waals surface area contributed by atoms with E-state index in [2.05, 4.69) is 10.6 Å². The predicted molar refractivity (Wildman–Crippen MR) is 101 cm³/mol. The number of aliphatic carboxylic acids is 1. The smallest absolute Gasteiger partial charge is 0.304 e. The summed E-state index contributed by atoms with van der Waals surface area (Å²) in [4.78, 5) is 35.8. The van der Waals surface area contributed by atoms with Crippen LogP contribution in [0.2, 0.25) is 0 Å². The van der Waals surface area contributed by atoms with Gasteiger partial charge in [-0.05, 0) is 50.3 Å². The van der Waals surface area contributed by atoms with E-state index in [0.29, 0.717) is 11.4 Å². The molecule has 0 heterocycles. The number of benzene rings is 1. The van der Waals surface area contributed by atoms with Crippen molar-refractivity contribution in [3.05, 3.63) is 23.8 Å². The maximum absolute atomic E-state index is 13.1. The number of carboxylic acids is 1. The highest BCUT2D eigenvalue weighted by atomic mass is 16.4. The van der Waals surface area contributed by atoms with Crippen molar-refractivity contribution in [1.29, 1.82) is 0 Å². The highest BCUT2D eigenvalue weighted by Crippen LogP contribution is 2.42. The molecule has 142 valence electrons. The van der Waals surface area contributed by atoms with Gasteiger partial charge in [0.05, 0.1) is 11.8 Å². The Hall–Kier alpha value is -2.37. The molecule has 1 saturated carbocycles. The van der Waals surface area contributed by atoms with Crippen molar-refractivity contribution in [3.8, 4) is 0 Å². The maximum atomic E-state index is 13.1. The van der Waals surface area contributed by atoms with E-state index in [1.54, 1.807) is 25.1 Å². The van der Waals surface area contributed by atoms with Crippen LogP contribution in [0.3, 0.4) is 0 Å². The summed E-state index contributed by atoms with van der Waals surface area (Å²) in [5.74, 6) is -1.35. The van der Waals surface area contributed by atoms with Crippen molar-refractivity contribution in [2.75, 3.05) is 10.6 Å². The summed E-state index contributed by atoms with van der Waals surface area (Å²) in [6, 6.07) is 5.29. The molecule has 2 amide bonds. The minimum Gasteiger partial charge on any atom is -0.481 e. The molecule has 6 heteroatoms. The predicted octanol–water partition coefficient (Wildman–Crippen LogP) is 3.95. The molecule has 1 fully saturated rings. The molecular weight excluding hydrogens is 332 g/mol. The summed E-state index contributed by atoms with van der Waals surface area (Å²) in [6.07, 6.45) is 4.77. The van der Waals surface area contributed by atoms with Crippen LogP contribution in [0.1, 0.15) is 57.9 Å². The monoisotopic (exact) mass is 360 g/mol. The third kappa shape index (κ3) is 4.62. The van der Waals surface area contributed by atoms with E-state index in [0.717, 1.165) is 37.7 Å². The molecule has 26 heavy (non-hydrogen) atoms. The average Bonchev–Trinajstić information content (AvgIpc) is 2.58. The third-order valence-electron chi connectivity index (χ3n) is 5.44. The van der Waals surface area contributed by atoms with E-state index in [4.69, 9.17) is 0 Å². The zero-order valence-electron chi connectivity index (χ0n) is 15.7. The number of carbonyl (C=O) groups excluding carboxylic acids is 2. The molecule has 1 aliphatic carbocycles. The van der Waals surface area contributed by atoms with Crippen LogP contribution in [0, 0.1) is 18.3 Å². The molecule has 3 N–H and O–H groups in total. The van der Waals surface area contributed by atoms with Crippen LogP contribution in [0.4, 0.5) is 11.4 Å². The normalized spacial score (nSPS) is 17.2. The fourth-order valence-electron chi connectivity index (χ4n) is 3.83. The van der Waals surface area contributed by atoms with Gasteiger partial charge in [0.25, 0.3) is 0 Å². The number of hydrogen-bond donors (Lipinski definition) is 3. The first kappa shape index (κ1) is 19.9. The molecule has 0 bridgehead atoms. The number of hydrogen-bond acceptors (Lipinski definition) is 3. The van der Waals surface area contributed by atoms with E-state index < -0.39 is 11.4 Å². The molecule has 6 nitrogen and oxygen atoms in total. The SMILES string of the molecule is CC(=O)Nc1cccc(NC(=O)C(C)(CC(=O)O)C2CCCCC2)c1C. The van der Waals surface area contributed by atoms with Gasteiger partial charge < -0.3 is 15.7 Å². The molecule has 1 aliphatic rings. The summed E-state index contributed by atoms with van der Waals surface area (Å²) in [7, 11) is 0. The van der Waals surface area contributed by atoms with Gasteiger partial charge in [0, 0.05) is 18.3 Å². The first-order valence-electron chi connectivity index (χ1n) is 9.14. The number of carbonyl (C=O) groups is 3. The van der Waals surface area contributed by atoms with E-state index >= 15 is 0 Å². The molecular formula is C20H28N2O4. The van der Waals surface area contributed by atoms with Gasteiger partial charge in [-0.25, -0.2) is 0 Å². The van der Waals surface area contributed by atoms with Gasteiger partial charge in [0.1, 0.15) is 0 Å². The minimum absolute atomic E-state index is 0.0613. The van der Waals surface area contributed by atoms with Crippen molar-refractivity contribution in [2.45, 2.75) is 59.3 Å². The fraction of sp³-hybridized carbons (Fsp3) is 0.550. The lowest BCUT2D eigenvalue weighted by Gasteiger charge is -2.37. The third-order valence-corrected chi connectivity index (χ3v) is 5.44. The van der Waals surface area contributed by atoms with Crippen LogP contribution < -0.4 is 10.6 Å². The second-order valence-corrected chi connectivity index (χ2v) is 7.44. The topological polar surface area (TPSA) is 95.5 Å². The highest BCUT2D eigenvalue weighted by molar-refractivity contribution is 5.99. The van der Waals surface area contributed by atoms with Gasteiger partial charge in [0.15, 0.2) is 0 Å². The van der Waals surface area contributed by atoms with Crippen LogP contribution >= 0.6 is 0 Å². The van der Waals surface area contributed by atoms with Crippen LogP contribution in [0.25, 0.3) is 0 Å². The average molecular weight is 360 g/mol. The summed E-state index contributed by atoms with van der Waals surface area (Å²) >= 11 is 0. The number of rotatable bonds is 6. The Balaban J connectivity index is 2.26. The molecule has 0 spiro atoms. The minimum atomic E-state index is -0.961. The second kappa shape index (κ2) is 8.34. The van der Waals surface area contributed by atoms with Crippen LogP contribution in [-0.4, -0.2) is 22.9 Å². The van der Waals surface area contributed by atoms with Crippen molar-refractivity contribution >= 4 is 29.2 Å². The van der Waals surface area contributed by atoms with Crippen LogP contribution in [0.5, 0.6) is 0 Å². The van der Waals surface area contributed by atoms with Crippen molar-refractivity contribution < 1.29 is 19.5 Å². The lowest BCUT2D eigenvalue weighted by atomic mass is 9.67. The Labute approximate surface area is 154 Å². The molecule has 1 unspecified atom stereocenters. The lowest BCUT2D eigenvalue weighted by Crippen LogP contribution is -2.42. The van der Waals surface area contributed by atoms with Crippen molar-refractivity contribution in [3.63, 3.8) is 0 Å². The maximum Gasteiger partial charge on any atom is 0.304 e. The number of nitrogens with one attached hydrogen (secondary N) is 2. The molecule has 0 saturated heterocycles. The summed E-state index contributed by atoms with van der Waals surface area (Å²) in [5, 5.41) is 15.0. The van der Waals surface area contributed by atoms with E-state index in [1.165, 1.54) is 6.92 Å². The Kier molecular flexibility index (Phi) is 6.40. The zero-order valence-corrected chi connectivity index (χ0v) is 15.7. The summed E-state index contributed by atoms with van der Waals surface area (Å²) in [6.45, 7) is 5.01. The van der Waals surface area contributed by atoms with E-state index in [-0.39, 0.29) is 24.2 Å². The van der Waals surface area contributed by atoms with Gasteiger partial charge in [-0.2, -0.15) is 0 Å². The Morgan fingerprint density at radius 3 is 2.23 bits per heavy atom. The highest BCUT2D eigenvalue weighted by Gasteiger charge is 2.43. The van der Waals surface area contributed by atoms with Gasteiger partial charge in [-0.15, -0.1) is 0 Å². The lowest BCUT2D eigenvalue weighted by molar-refractivity contribution is -0.145. The second-order valence-electron chi connectivity index (χ2n) is 7.44. The number of amides is 2. The molecule has 0 radical (unpaired) electrons.